The van der Waals surface area contributed by atoms with E-state index in [9.17, 15) is 18.3 Å². The smallest absolute Gasteiger partial charge is 0.258 e. The van der Waals surface area contributed by atoms with Crippen molar-refractivity contribution in [2.24, 2.45) is 0 Å². The molecular weight excluding hydrogens is 364 g/mol. The van der Waals surface area contributed by atoms with Crippen LogP contribution in [0.4, 0.5) is 5.69 Å². The molecule has 144 valence electrons. The molecular formula is C20H24N2O4S. The van der Waals surface area contributed by atoms with Crippen molar-refractivity contribution in [2.75, 3.05) is 25.0 Å². The van der Waals surface area contributed by atoms with E-state index in [0.29, 0.717) is 24.3 Å². The van der Waals surface area contributed by atoms with Gasteiger partial charge in [0.25, 0.3) is 5.91 Å². The third kappa shape index (κ3) is 4.31. The molecule has 1 N–H and O–H groups in total. The van der Waals surface area contributed by atoms with Gasteiger partial charge in [0.2, 0.25) is 10.0 Å². The second-order valence-electron chi connectivity index (χ2n) is 6.72. The molecule has 1 aliphatic heterocycles. The van der Waals surface area contributed by atoms with Gasteiger partial charge >= 0.3 is 0 Å². The van der Waals surface area contributed by atoms with Crippen LogP contribution in [0.5, 0.6) is 5.75 Å². The van der Waals surface area contributed by atoms with Crippen LogP contribution in [0.15, 0.2) is 53.4 Å². The molecule has 0 saturated carbocycles. The third-order valence-electron chi connectivity index (χ3n) is 4.85. The van der Waals surface area contributed by atoms with Crippen LogP contribution in [-0.2, 0) is 10.0 Å². The van der Waals surface area contributed by atoms with Gasteiger partial charge in [-0.05, 0) is 61.4 Å². The van der Waals surface area contributed by atoms with E-state index in [1.54, 1.807) is 35.6 Å². The fourth-order valence-corrected chi connectivity index (χ4v) is 4.70. The number of nitrogens with zero attached hydrogens (tertiary/aromatic N) is 2. The molecule has 1 heterocycles. The quantitative estimate of drug-likeness (QED) is 0.872. The van der Waals surface area contributed by atoms with E-state index in [1.165, 1.54) is 29.2 Å². The molecule has 0 atom stereocenters. The van der Waals surface area contributed by atoms with Gasteiger partial charge in [0.1, 0.15) is 5.75 Å². The lowest BCUT2D eigenvalue weighted by Gasteiger charge is -2.20. The Morgan fingerprint density at radius 3 is 2.04 bits per heavy atom. The molecule has 2 aromatic rings. The number of anilines is 1. The van der Waals surface area contributed by atoms with Crippen molar-refractivity contribution in [3.63, 3.8) is 0 Å². The first kappa shape index (κ1) is 19.4. The molecule has 0 aromatic heterocycles. The highest BCUT2D eigenvalue weighted by Gasteiger charge is 2.25. The SMILES string of the molecule is CN(C(=O)c1ccc(S(=O)(=O)N2CCCCCC2)cc1)c1ccc(O)cc1. The summed E-state index contributed by atoms with van der Waals surface area (Å²) >= 11 is 0. The zero-order chi connectivity index (χ0) is 19.4. The Bertz CT molecular complexity index is 885. The molecule has 27 heavy (non-hydrogen) atoms. The Kier molecular flexibility index (Phi) is 5.82. The number of benzene rings is 2. The first-order chi connectivity index (χ1) is 12.9. The summed E-state index contributed by atoms with van der Waals surface area (Å²) in [6, 6.07) is 12.4. The standard InChI is InChI=1S/C20H24N2O4S/c1-21(17-8-10-18(23)11-9-17)20(24)16-6-12-19(13-7-16)27(25,26)22-14-4-2-3-5-15-22/h6-13,23H,2-5,14-15H2,1H3. The van der Waals surface area contributed by atoms with Crippen molar-refractivity contribution < 1.29 is 18.3 Å². The van der Waals surface area contributed by atoms with Gasteiger partial charge in [0.05, 0.1) is 4.90 Å². The van der Waals surface area contributed by atoms with E-state index in [0.717, 1.165) is 25.7 Å². The zero-order valence-electron chi connectivity index (χ0n) is 15.3. The largest absolute Gasteiger partial charge is 0.508 e. The highest BCUT2D eigenvalue weighted by molar-refractivity contribution is 7.89. The van der Waals surface area contributed by atoms with E-state index in [2.05, 4.69) is 0 Å². The fraction of sp³-hybridized carbons (Fsp3) is 0.350. The number of aromatic hydroxyl groups is 1. The lowest BCUT2D eigenvalue weighted by atomic mass is 10.2. The van der Waals surface area contributed by atoms with Crippen LogP contribution in [0.1, 0.15) is 36.0 Å². The molecule has 0 unspecified atom stereocenters. The van der Waals surface area contributed by atoms with Crippen LogP contribution in [0.3, 0.4) is 0 Å². The molecule has 3 rings (SSSR count). The van der Waals surface area contributed by atoms with Crippen LogP contribution in [0.2, 0.25) is 0 Å². The summed E-state index contributed by atoms with van der Waals surface area (Å²) in [5.41, 5.74) is 1.04. The summed E-state index contributed by atoms with van der Waals surface area (Å²) in [6.45, 7) is 1.10. The van der Waals surface area contributed by atoms with E-state index < -0.39 is 10.0 Å². The van der Waals surface area contributed by atoms with Crippen LogP contribution in [-0.4, -0.2) is 43.9 Å². The van der Waals surface area contributed by atoms with Gasteiger partial charge in [-0.1, -0.05) is 12.8 Å². The molecule has 1 amide bonds. The number of phenols is 1. The van der Waals surface area contributed by atoms with Crippen molar-refractivity contribution in [3.05, 3.63) is 54.1 Å². The first-order valence-electron chi connectivity index (χ1n) is 9.07. The molecule has 6 nitrogen and oxygen atoms in total. The highest BCUT2D eigenvalue weighted by Crippen LogP contribution is 2.22. The Morgan fingerprint density at radius 1 is 0.926 bits per heavy atom. The van der Waals surface area contributed by atoms with Crippen molar-refractivity contribution in [1.29, 1.82) is 0 Å². The number of hydrogen-bond acceptors (Lipinski definition) is 4. The van der Waals surface area contributed by atoms with Crippen LogP contribution in [0, 0.1) is 0 Å². The molecule has 7 heteroatoms. The van der Waals surface area contributed by atoms with Gasteiger partial charge in [-0.15, -0.1) is 0 Å². The number of carbonyl (C=O) groups is 1. The van der Waals surface area contributed by atoms with Crippen molar-refractivity contribution >= 4 is 21.6 Å². The van der Waals surface area contributed by atoms with Crippen LogP contribution >= 0.6 is 0 Å². The van der Waals surface area contributed by atoms with Crippen LogP contribution < -0.4 is 4.90 Å². The number of hydrogen-bond donors (Lipinski definition) is 1. The number of amides is 1. The monoisotopic (exact) mass is 388 g/mol. The van der Waals surface area contributed by atoms with Gasteiger partial charge in [0, 0.05) is 31.4 Å². The Hall–Kier alpha value is -2.38. The molecule has 0 aliphatic carbocycles. The predicted octanol–water partition coefficient (Wildman–Crippen LogP) is 3.23. The summed E-state index contributed by atoms with van der Waals surface area (Å²) in [5.74, 6) is -0.123. The molecule has 1 fully saturated rings. The molecule has 0 radical (unpaired) electrons. The second-order valence-corrected chi connectivity index (χ2v) is 8.66. The maximum absolute atomic E-state index is 12.8. The molecule has 0 spiro atoms. The summed E-state index contributed by atoms with van der Waals surface area (Å²) in [7, 11) is -1.89. The summed E-state index contributed by atoms with van der Waals surface area (Å²) in [4.78, 5) is 14.3. The lowest BCUT2D eigenvalue weighted by Crippen LogP contribution is -2.32. The number of rotatable bonds is 4. The average Bonchev–Trinajstić information content (AvgIpc) is 2.98. The zero-order valence-corrected chi connectivity index (χ0v) is 16.2. The van der Waals surface area contributed by atoms with Gasteiger partial charge in [-0.2, -0.15) is 4.31 Å². The summed E-state index contributed by atoms with van der Waals surface area (Å²) in [5, 5.41) is 9.36. The van der Waals surface area contributed by atoms with Gasteiger partial charge in [-0.25, -0.2) is 8.42 Å². The maximum atomic E-state index is 12.8. The summed E-state index contributed by atoms with van der Waals surface area (Å²) < 4.78 is 27.2. The van der Waals surface area contributed by atoms with E-state index in [4.69, 9.17) is 0 Å². The third-order valence-corrected chi connectivity index (χ3v) is 6.76. The predicted molar refractivity (Wildman–Crippen MR) is 105 cm³/mol. The van der Waals surface area contributed by atoms with E-state index in [1.807, 2.05) is 0 Å². The topological polar surface area (TPSA) is 77.9 Å². The summed E-state index contributed by atoms with van der Waals surface area (Å²) in [6.07, 6.45) is 3.88. The lowest BCUT2D eigenvalue weighted by molar-refractivity contribution is 0.0993. The highest BCUT2D eigenvalue weighted by atomic mass is 32.2. The van der Waals surface area contributed by atoms with Gasteiger partial charge in [0.15, 0.2) is 0 Å². The number of carbonyl (C=O) groups excluding carboxylic acids is 1. The minimum Gasteiger partial charge on any atom is -0.508 e. The second kappa shape index (κ2) is 8.10. The van der Waals surface area contributed by atoms with Gasteiger partial charge in [-0.3, -0.25) is 4.79 Å². The Balaban J connectivity index is 1.77. The number of sulfonamides is 1. The molecule has 2 aromatic carbocycles. The average molecular weight is 388 g/mol. The van der Waals surface area contributed by atoms with Crippen LogP contribution in [0.25, 0.3) is 0 Å². The van der Waals surface area contributed by atoms with Gasteiger partial charge < -0.3 is 10.0 Å². The van der Waals surface area contributed by atoms with E-state index >= 15 is 0 Å². The Labute approximate surface area is 160 Å². The molecule has 0 bridgehead atoms. The minimum absolute atomic E-state index is 0.127. The normalized spacial score (nSPS) is 15.9. The minimum atomic E-state index is -3.52. The van der Waals surface area contributed by atoms with Crippen molar-refractivity contribution in [1.82, 2.24) is 4.31 Å². The van der Waals surface area contributed by atoms with Crippen molar-refractivity contribution in [3.8, 4) is 5.75 Å². The first-order valence-corrected chi connectivity index (χ1v) is 10.5. The molecule has 1 saturated heterocycles. The fourth-order valence-electron chi connectivity index (χ4n) is 3.19. The number of phenolic OH excluding ortho intramolecular Hbond substituents is 1. The molecule has 1 aliphatic rings. The van der Waals surface area contributed by atoms with E-state index in [-0.39, 0.29) is 16.6 Å². The van der Waals surface area contributed by atoms with Crippen molar-refractivity contribution in [2.45, 2.75) is 30.6 Å². The maximum Gasteiger partial charge on any atom is 0.258 e. The Morgan fingerprint density at radius 2 is 1.48 bits per heavy atom.